The molecule has 0 spiro atoms. The van der Waals surface area contributed by atoms with Crippen molar-refractivity contribution < 1.29 is 9.59 Å². The van der Waals surface area contributed by atoms with Gasteiger partial charge in [-0.25, -0.2) is 4.79 Å². The predicted octanol–water partition coefficient (Wildman–Crippen LogP) is 5.94. The van der Waals surface area contributed by atoms with Gasteiger partial charge in [0.05, 0.1) is 6.54 Å². The quantitative estimate of drug-likeness (QED) is 0.446. The number of anilines is 1. The van der Waals surface area contributed by atoms with Gasteiger partial charge in [-0.1, -0.05) is 48.0 Å². The number of thiophene rings is 1. The molecule has 0 aliphatic heterocycles. The van der Waals surface area contributed by atoms with E-state index >= 15 is 0 Å². The Morgan fingerprint density at radius 1 is 1.03 bits per heavy atom. The zero-order valence-corrected chi connectivity index (χ0v) is 19.5. The van der Waals surface area contributed by atoms with E-state index in [9.17, 15) is 9.59 Å². The maximum atomic E-state index is 13.4. The third kappa shape index (κ3) is 6.11. The lowest BCUT2D eigenvalue weighted by atomic mass is 10.2. The SMILES string of the molecule is Cc1ccc(CN(Cc2ccccc2)C(=O)CN(C(=O)Nc2cccc(Cl)c2)C2CC2)s1. The Hall–Kier alpha value is -2.83. The molecule has 1 N–H and O–H groups in total. The molecule has 1 heterocycles. The van der Waals surface area contributed by atoms with Crippen molar-refractivity contribution in [1.29, 1.82) is 0 Å². The molecule has 5 nitrogen and oxygen atoms in total. The molecule has 4 rings (SSSR count). The van der Waals surface area contributed by atoms with E-state index in [1.165, 1.54) is 4.88 Å². The molecule has 32 heavy (non-hydrogen) atoms. The fourth-order valence-electron chi connectivity index (χ4n) is 3.55. The first-order valence-electron chi connectivity index (χ1n) is 10.7. The minimum Gasteiger partial charge on any atom is -0.332 e. The van der Waals surface area contributed by atoms with Gasteiger partial charge in [0.15, 0.2) is 0 Å². The highest BCUT2D eigenvalue weighted by Crippen LogP contribution is 2.28. The van der Waals surface area contributed by atoms with Crippen LogP contribution in [0.4, 0.5) is 10.5 Å². The molecule has 7 heteroatoms. The van der Waals surface area contributed by atoms with E-state index in [0.717, 1.165) is 23.3 Å². The van der Waals surface area contributed by atoms with Crippen LogP contribution in [0, 0.1) is 6.92 Å². The maximum Gasteiger partial charge on any atom is 0.322 e. The molecule has 1 aliphatic rings. The zero-order chi connectivity index (χ0) is 22.5. The normalized spacial score (nSPS) is 12.9. The first-order valence-corrected chi connectivity index (χ1v) is 11.9. The van der Waals surface area contributed by atoms with Crippen molar-refractivity contribution in [3.8, 4) is 0 Å². The summed E-state index contributed by atoms with van der Waals surface area (Å²) in [7, 11) is 0. The van der Waals surface area contributed by atoms with Crippen molar-refractivity contribution in [3.05, 3.63) is 87.1 Å². The highest BCUT2D eigenvalue weighted by molar-refractivity contribution is 7.11. The smallest absolute Gasteiger partial charge is 0.322 e. The number of nitrogens with one attached hydrogen (secondary N) is 1. The van der Waals surface area contributed by atoms with Crippen LogP contribution in [0.15, 0.2) is 66.7 Å². The number of aryl methyl sites for hydroxylation is 1. The second-order valence-electron chi connectivity index (χ2n) is 8.05. The van der Waals surface area contributed by atoms with Crippen molar-refractivity contribution in [2.45, 2.75) is 38.9 Å². The summed E-state index contributed by atoms with van der Waals surface area (Å²) in [5.74, 6) is -0.0620. The topological polar surface area (TPSA) is 52.7 Å². The molecule has 3 amide bonds. The summed E-state index contributed by atoms with van der Waals surface area (Å²) >= 11 is 7.73. The average molecular weight is 468 g/mol. The van der Waals surface area contributed by atoms with Crippen LogP contribution in [0.5, 0.6) is 0 Å². The van der Waals surface area contributed by atoms with Crippen LogP contribution in [0.25, 0.3) is 0 Å². The van der Waals surface area contributed by atoms with E-state index in [0.29, 0.717) is 23.8 Å². The number of benzene rings is 2. The van der Waals surface area contributed by atoms with Crippen LogP contribution in [-0.2, 0) is 17.9 Å². The Morgan fingerprint density at radius 2 is 1.81 bits per heavy atom. The summed E-state index contributed by atoms with van der Waals surface area (Å²) < 4.78 is 0. The third-order valence-electron chi connectivity index (χ3n) is 5.34. The molecule has 2 aromatic carbocycles. The maximum absolute atomic E-state index is 13.4. The minimum atomic E-state index is -0.269. The number of rotatable bonds is 8. The van der Waals surface area contributed by atoms with Crippen molar-refractivity contribution in [2.75, 3.05) is 11.9 Å². The van der Waals surface area contributed by atoms with Crippen molar-refractivity contribution >= 4 is 40.6 Å². The average Bonchev–Trinajstić information content (AvgIpc) is 3.53. The highest BCUT2D eigenvalue weighted by Gasteiger charge is 2.35. The number of hydrogen-bond donors (Lipinski definition) is 1. The molecular formula is C25H26ClN3O2S. The van der Waals surface area contributed by atoms with Crippen LogP contribution in [0.1, 0.15) is 28.2 Å². The monoisotopic (exact) mass is 467 g/mol. The number of amides is 3. The highest BCUT2D eigenvalue weighted by atomic mass is 35.5. The molecule has 1 aliphatic carbocycles. The first-order chi connectivity index (χ1) is 15.5. The van der Waals surface area contributed by atoms with Gasteiger partial charge in [-0.15, -0.1) is 11.3 Å². The van der Waals surface area contributed by atoms with Crippen LogP contribution in [0.3, 0.4) is 0 Å². The molecule has 0 atom stereocenters. The van der Waals surface area contributed by atoms with Gasteiger partial charge in [-0.2, -0.15) is 0 Å². The summed E-state index contributed by atoms with van der Waals surface area (Å²) in [5.41, 5.74) is 1.69. The number of halogens is 1. The lowest BCUT2D eigenvalue weighted by Gasteiger charge is -2.28. The van der Waals surface area contributed by atoms with Gasteiger partial charge in [-0.05, 0) is 55.7 Å². The van der Waals surface area contributed by atoms with Crippen LogP contribution < -0.4 is 5.32 Å². The molecule has 0 saturated heterocycles. The van der Waals surface area contributed by atoms with E-state index in [1.807, 2.05) is 35.2 Å². The Morgan fingerprint density at radius 3 is 2.47 bits per heavy atom. The molecule has 0 unspecified atom stereocenters. The Labute approximate surface area is 197 Å². The van der Waals surface area contributed by atoms with Gasteiger partial charge >= 0.3 is 6.03 Å². The fraction of sp³-hybridized carbons (Fsp3) is 0.280. The number of carbonyl (C=O) groups is 2. The molecular weight excluding hydrogens is 442 g/mol. The third-order valence-corrected chi connectivity index (χ3v) is 6.56. The molecule has 1 saturated carbocycles. The van der Waals surface area contributed by atoms with Gasteiger partial charge in [0.2, 0.25) is 5.91 Å². The minimum absolute atomic E-state index is 0.0499. The van der Waals surface area contributed by atoms with Crippen molar-refractivity contribution in [2.24, 2.45) is 0 Å². The number of nitrogens with zero attached hydrogens (tertiary/aromatic N) is 2. The van der Waals surface area contributed by atoms with Gasteiger partial charge in [-0.3, -0.25) is 4.79 Å². The molecule has 0 radical (unpaired) electrons. The number of urea groups is 1. The van der Waals surface area contributed by atoms with Crippen molar-refractivity contribution in [1.82, 2.24) is 9.80 Å². The van der Waals surface area contributed by atoms with Crippen molar-refractivity contribution in [3.63, 3.8) is 0 Å². The molecule has 166 valence electrons. The summed E-state index contributed by atoms with van der Waals surface area (Å²) in [6.07, 6.45) is 1.83. The Kier molecular flexibility index (Phi) is 7.12. The summed E-state index contributed by atoms with van der Waals surface area (Å²) in [5, 5.41) is 3.44. The first kappa shape index (κ1) is 22.4. The van der Waals surface area contributed by atoms with Crippen LogP contribution in [0.2, 0.25) is 5.02 Å². The number of carbonyl (C=O) groups excluding carboxylic acids is 2. The molecule has 1 aromatic heterocycles. The molecule has 3 aromatic rings. The Bertz CT molecular complexity index is 1080. The second kappa shape index (κ2) is 10.2. The number of hydrogen-bond acceptors (Lipinski definition) is 3. The van der Waals surface area contributed by atoms with Gasteiger partial charge < -0.3 is 15.1 Å². The standard InChI is InChI=1S/C25H26ClN3O2S/c1-18-10-13-23(32-18)16-28(15-19-6-3-2-4-7-19)24(30)17-29(22-11-12-22)25(31)27-21-9-5-8-20(26)14-21/h2-10,13-14,22H,11-12,15-17H2,1H3,(H,27,31). The lowest BCUT2D eigenvalue weighted by Crippen LogP contribution is -2.45. The lowest BCUT2D eigenvalue weighted by molar-refractivity contribution is -0.133. The van der Waals surface area contributed by atoms with E-state index in [4.69, 9.17) is 11.6 Å². The summed E-state index contributed by atoms with van der Waals surface area (Å²) in [6.45, 7) is 3.15. The summed E-state index contributed by atoms with van der Waals surface area (Å²) in [4.78, 5) is 32.2. The molecule has 1 fully saturated rings. The van der Waals surface area contributed by atoms with Crippen LogP contribution >= 0.6 is 22.9 Å². The zero-order valence-electron chi connectivity index (χ0n) is 18.0. The van der Waals surface area contributed by atoms with Gasteiger partial charge in [0, 0.05) is 33.1 Å². The van der Waals surface area contributed by atoms with E-state index in [2.05, 4.69) is 24.4 Å². The van der Waals surface area contributed by atoms with Gasteiger partial charge in [0.1, 0.15) is 6.54 Å². The molecule has 0 bridgehead atoms. The fourth-order valence-corrected chi connectivity index (χ4v) is 4.65. The van der Waals surface area contributed by atoms with Crippen LogP contribution in [-0.4, -0.2) is 34.3 Å². The van der Waals surface area contributed by atoms with Gasteiger partial charge in [0.25, 0.3) is 0 Å². The van der Waals surface area contributed by atoms with E-state index < -0.39 is 0 Å². The summed E-state index contributed by atoms with van der Waals surface area (Å²) in [6, 6.07) is 20.9. The predicted molar refractivity (Wildman–Crippen MR) is 130 cm³/mol. The largest absolute Gasteiger partial charge is 0.332 e. The Balaban J connectivity index is 1.48. The second-order valence-corrected chi connectivity index (χ2v) is 9.86. The van der Waals surface area contributed by atoms with E-state index in [-0.39, 0.29) is 24.5 Å². The van der Waals surface area contributed by atoms with E-state index in [1.54, 1.807) is 40.5 Å².